The fraction of sp³-hybridized carbons (Fsp3) is 0.500. The number of nitrogens with one attached hydrogen (secondary N) is 2. The van der Waals surface area contributed by atoms with Crippen molar-refractivity contribution in [3.63, 3.8) is 0 Å². The van der Waals surface area contributed by atoms with E-state index in [4.69, 9.17) is 5.73 Å². The van der Waals surface area contributed by atoms with E-state index in [0.29, 0.717) is 11.6 Å². The molecule has 4 N–H and O–H groups in total. The van der Waals surface area contributed by atoms with Gasteiger partial charge in [-0.05, 0) is 43.5 Å². The Morgan fingerprint density at radius 3 is 2.61 bits per heavy atom. The molecule has 0 heterocycles. The summed E-state index contributed by atoms with van der Waals surface area (Å²) < 4.78 is 25.5. The van der Waals surface area contributed by atoms with Gasteiger partial charge in [-0.15, -0.1) is 0 Å². The van der Waals surface area contributed by atoms with Crippen molar-refractivity contribution in [1.29, 1.82) is 0 Å². The highest BCUT2D eigenvalue weighted by Gasteiger charge is 2.31. The highest BCUT2D eigenvalue weighted by molar-refractivity contribution is 7.89. The minimum atomic E-state index is -3.42. The van der Waals surface area contributed by atoms with Crippen LogP contribution in [0.15, 0.2) is 23.1 Å². The summed E-state index contributed by atoms with van der Waals surface area (Å²) in [6.07, 6.45) is 1.25. The highest BCUT2D eigenvalue weighted by atomic mass is 32.2. The second-order valence-corrected chi connectivity index (χ2v) is 6.70. The number of sulfonamides is 1. The molecule has 0 saturated heterocycles. The molecular formula is C12H19N3O2S. The van der Waals surface area contributed by atoms with Gasteiger partial charge in [0, 0.05) is 6.54 Å². The third kappa shape index (κ3) is 2.76. The van der Waals surface area contributed by atoms with Crippen LogP contribution in [-0.2, 0) is 10.0 Å². The van der Waals surface area contributed by atoms with E-state index in [-0.39, 0.29) is 4.90 Å². The van der Waals surface area contributed by atoms with Crippen LogP contribution in [0.25, 0.3) is 0 Å². The lowest BCUT2D eigenvalue weighted by Gasteiger charge is -2.10. The van der Waals surface area contributed by atoms with Gasteiger partial charge in [0.25, 0.3) is 0 Å². The fourth-order valence-corrected chi connectivity index (χ4v) is 2.68. The van der Waals surface area contributed by atoms with E-state index in [1.54, 1.807) is 12.1 Å². The molecule has 0 bridgehead atoms. The summed E-state index contributed by atoms with van der Waals surface area (Å²) in [5.74, 6) is 1.49. The lowest BCUT2D eigenvalue weighted by molar-refractivity contribution is 0.588. The van der Waals surface area contributed by atoms with Crippen LogP contribution in [0.1, 0.15) is 13.3 Å². The van der Waals surface area contributed by atoms with Crippen molar-refractivity contribution < 1.29 is 8.42 Å². The zero-order valence-corrected chi connectivity index (χ0v) is 11.4. The van der Waals surface area contributed by atoms with E-state index in [0.717, 1.165) is 18.2 Å². The Labute approximate surface area is 108 Å². The van der Waals surface area contributed by atoms with Gasteiger partial charge in [0.1, 0.15) is 0 Å². The first kappa shape index (κ1) is 13.2. The third-order valence-corrected chi connectivity index (χ3v) is 4.84. The molecule has 2 rings (SSSR count). The molecule has 1 aliphatic rings. The number of hydrogen-bond acceptors (Lipinski definition) is 4. The molecule has 18 heavy (non-hydrogen) atoms. The zero-order valence-electron chi connectivity index (χ0n) is 10.6. The second kappa shape index (κ2) is 4.78. The Morgan fingerprint density at radius 1 is 1.44 bits per heavy atom. The van der Waals surface area contributed by atoms with Crippen LogP contribution in [0, 0.1) is 11.8 Å². The maximum Gasteiger partial charge on any atom is 0.240 e. The quantitative estimate of drug-likeness (QED) is 0.702. The molecule has 100 valence electrons. The normalized spacial score (nSPS) is 22.8. The summed E-state index contributed by atoms with van der Waals surface area (Å²) >= 11 is 0. The van der Waals surface area contributed by atoms with E-state index < -0.39 is 10.0 Å². The molecule has 0 aliphatic heterocycles. The minimum absolute atomic E-state index is 0.188. The van der Waals surface area contributed by atoms with Crippen molar-refractivity contribution in [2.75, 3.05) is 24.6 Å². The number of rotatable bonds is 5. The first-order chi connectivity index (χ1) is 8.44. The van der Waals surface area contributed by atoms with E-state index in [9.17, 15) is 8.42 Å². The Morgan fingerprint density at radius 2 is 2.11 bits per heavy atom. The van der Waals surface area contributed by atoms with Gasteiger partial charge in [-0.1, -0.05) is 6.92 Å². The summed E-state index contributed by atoms with van der Waals surface area (Å²) in [7, 11) is -2.04. The largest absolute Gasteiger partial charge is 0.397 e. The van der Waals surface area contributed by atoms with Crippen LogP contribution < -0.4 is 15.8 Å². The minimum Gasteiger partial charge on any atom is -0.397 e. The van der Waals surface area contributed by atoms with Crippen molar-refractivity contribution in [2.24, 2.45) is 11.8 Å². The lowest BCUT2D eigenvalue weighted by Crippen LogP contribution is -2.19. The molecule has 2 atom stereocenters. The number of nitrogens with two attached hydrogens (primary N) is 1. The van der Waals surface area contributed by atoms with Crippen LogP contribution in [0.4, 0.5) is 11.4 Å². The van der Waals surface area contributed by atoms with Crippen LogP contribution >= 0.6 is 0 Å². The van der Waals surface area contributed by atoms with Gasteiger partial charge in [0.2, 0.25) is 10.0 Å². The standard InChI is InChI=1S/C12H19N3O2S/c1-8-5-9(8)7-15-12-4-3-10(6-11(12)13)18(16,17)14-2/h3-4,6,8-9,14-15H,5,7,13H2,1-2H3. The first-order valence-corrected chi connectivity index (χ1v) is 7.49. The molecule has 0 aromatic heterocycles. The molecule has 0 spiro atoms. The molecule has 1 saturated carbocycles. The Balaban J connectivity index is 2.10. The highest BCUT2D eigenvalue weighted by Crippen LogP contribution is 2.38. The molecule has 1 aromatic carbocycles. The van der Waals surface area contributed by atoms with Gasteiger partial charge in [-0.3, -0.25) is 0 Å². The Kier molecular flexibility index (Phi) is 3.49. The van der Waals surface area contributed by atoms with Gasteiger partial charge in [-0.25, -0.2) is 13.1 Å². The van der Waals surface area contributed by atoms with Gasteiger partial charge < -0.3 is 11.1 Å². The molecule has 1 fully saturated rings. The summed E-state index contributed by atoms with van der Waals surface area (Å²) in [4.78, 5) is 0.188. The molecule has 1 aromatic rings. The van der Waals surface area contributed by atoms with Crippen molar-refractivity contribution in [3.05, 3.63) is 18.2 Å². The summed E-state index contributed by atoms with van der Waals surface area (Å²) in [5, 5.41) is 3.26. The average molecular weight is 269 g/mol. The predicted molar refractivity (Wildman–Crippen MR) is 72.9 cm³/mol. The monoisotopic (exact) mass is 269 g/mol. The van der Waals surface area contributed by atoms with Crippen LogP contribution in [0.2, 0.25) is 0 Å². The Bertz CT molecular complexity index is 542. The fourth-order valence-electron chi connectivity index (χ4n) is 1.91. The topological polar surface area (TPSA) is 84.2 Å². The molecule has 5 nitrogen and oxygen atoms in total. The van der Waals surface area contributed by atoms with Crippen molar-refractivity contribution in [3.8, 4) is 0 Å². The SMILES string of the molecule is CNS(=O)(=O)c1ccc(NCC2CC2C)c(N)c1. The van der Waals surface area contributed by atoms with E-state index in [1.165, 1.54) is 19.5 Å². The zero-order chi connectivity index (χ0) is 13.3. The van der Waals surface area contributed by atoms with Crippen LogP contribution in [0.5, 0.6) is 0 Å². The smallest absolute Gasteiger partial charge is 0.240 e. The van der Waals surface area contributed by atoms with Crippen LogP contribution in [-0.4, -0.2) is 22.0 Å². The number of anilines is 2. The maximum atomic E-state index is 11.6. The predicted octanol–water partition coefficient (Wildman–Crippen LogP) is 1.24. The van der Waals surface area contributed by atoms with E-state index >= 15 is 0 Å². The number of benzene rings is 1. The summed E-state index contributed by atoms with van der Waals surface area (Å²) in [6.45, 7) is 3.11. The summed E-state index contributed by atoms with van der Waals surface area (Å²) in [6, 6.07) is 4.75. The number of hydrogen-bond donors (Lipinski definition) is 3. The lowest BCUT2D eigenvalue weighted by atomic mass is 10.2. The van der Waals surface area contributed by atoms with Gasteiger partial charge >= 0.3 is 0 Å². The van der Waals surface area contributed by atoms with Crippen molar-refractivity contribution in [2.45, 2.75) is 18.2 Å². The molecular weight excluding hydrogens is 250 g/mol. The number of nitrogen functional groups attached to an aromatic ring is 1. The third-order valence-electron chi connectivity index (χ3n) is 3.43. The van der Waals surface area contributed by atoms with Crippen molar-refractivity contribution in [1.82, 2.24) is 4.72 Å². The summed E-state index contributed by atoms with van der Waals surface area (Å²) in [5.41, 5.74) is 7.11. The van der Waals surface area contributed by atoms with Gasteiger partial charge in [-0.2, -0.15) is 0 Å². The molecule has 6 heteroatoms. The van der Waals surface area contributed by atoms with Gasteiger partial charge in [0.05, 0.1) is 16.3 Å². The van der Waals surface area contributed by atoms with Gasteiger partial charge in [0.15, 0.2) is 0 Å². The van der Waals surface area contributed by atoms with E-state index in [1.807, 2.05) is 0 Å². The van der Waals surface area contributed by atoms with Crippen LogP contribution in [0.3, 0.4) is 0 Å². The molecule has 0 amide bonds. The average Bonchev–Trinajstić information content (AvgIpc) is 3.03. The molecule has 0 radical (unpaired) electrons. The van der Waals surface area contributed by atoms with Crippen molar-refractivity contribution >= 4 is 21.4 Å². The molecule has 2 unspecified atom stereocenters. The second-order valence-electron chi connectivity index (χ2n) is 4.81. The first-order valence-electron chi connectivity index (χ1n) is 6.01. The molecule has 1 aliphatic carbocycles. The Hall–Kier alpha value is -1.27. The van der Waals surface area contributed by atoms with E-state index in [2.05, 4.69) is 17.0 Å². The maximum absolute atomic E-state index is 11.6.